The van der Waals surface area contributed by atoms with Gasteiger partial charge in [-0.15, -0.1) is 0 Å². The molecule has 4 rings (SSSR count). The van der Waals surface area contributed by atoms with Crippen molar-refractivity contribution < 1.29 is 14.0 Å². The molecule has 138 valence electrons. The molecule has 0 fully saturated rings. The molecule has 0 radical (unpaired) electrons. The summed E-state index contributed by atoms with van der Waals surface area (Å²) in [7, 11) is 0. The minimum absolute atomic E-state index is 0.128. The standard InChI is InChI=1S/C21H21N3O3/c1-21(2,3)20-24-16-10-12(8-9-17(16)27-20)22-19(26)14-11-18(25)23-15-7-5-4-6-13(14)15/h4-10,14H,11H2,1-3H3,(H,22,26)(H,23,25). The molecule has 1 aliphatic heterocycles. The van der Waals surface area contributed by atoms with Crippen LogP contribution in [-0.4, -0.2) is 16.8 Å². The number of aromatic nitrogens is 1. The van der Waals surface area contributed by atoms with Gasteiger partial charge in [0.05, 0.1) is 5.92 Å². The van der Waals surface area contributed by atoms with Gasteiger partial charge < -0.3 is 15.1 Å². The number of nitrogens with zero attached hydrogens (tertiary/aromatic N) is 1. The zero-order valence-electron chi connectivity index (χ0n) is 15.5. The predicted octanol–water partition coefficient (Wildman–Crippen LogP) is 4.19. The Bertz CT molecular complexity index is 1050. The summed E-state index contributed by atoms with van der Waals surface area (Å²) >= 11 is 0. The van der Waals surface area contributed by atoms with E-state index < -0.39 is 5.92 Å². The quantitative estimate of drug-likeness (QED) is 0.715. The van der Waals surface area contributed by atoms with E-state index in [0.29, 0.717) is 28.4 Å². The van der Waals surface area contributed by atoms with Gasteiger partial charge in [-0.2, -0.15) is 0 Å². The number of nitrogens with one attached hydrogen (secondary N) is 2. The van der Waals surface area contributed by atoms with Crippen LogP contribution in [0.25, 0.3) is 11.1 Å². The van der Waals surface area contributed by atoms with Crippen molar-refractivity contribution in [1.82, 2.24) is 4.98 Å². The summed E-state index contributed by atoms with van der Waals surface area (Å²) in [6, 6.07) is 12.8. The van der Waals surface area contributed by atoms with E-state index in [1.165, 1.54) is 0 Å². The highest BCUT2D eigenvalue weighted by molar-refractivity contribution is 6.05. The number of carbonyl (C=O) groups excluding carboxylic acids is 2. The molecule has 1 aliphatic rings. The molecule has 1 atom stereocenters. The van der Waals surface area contributed by atoms with Crippen molar-refractivity contribution in [2.45, 2.75) is 38.5 Å². The van der Waals surface area contributed by atoms with Gasteiger partial charge in [0.1, 0.15) is 5.52 Å². The fourth-order valence-corrected chi connectivity index (χ4v) is 3.20. The minimum atomic E-state index is -0.520. The number of amides is 2. The summed E-state index contributed by atoms with van der Waals surface area (Å²) in [5.74, 6) is -0.237. The Hall–Kier alpha value is -3.15. The predicted molar refractivity (Wildman–Crippen MR) is 104 cm³/mol. The van der Waals surface area contributed by atoms with E-state index >= 15 is 0 Å². The SMILES string of the molecule is CC(C)(C)c1nc2cc(NC(=O)C3CC(=O)Nc4ccccc43)ccc2o1. The fourth-order valence-electron chi connectivity index (χ4n) is 3.20. The first-order valence-corrected chi connectivity index (χ1v) is 8.92. The van der Waals surface area contributed by atoms with Crippen LogP contribution in [0.1, 0.15) is 44.6 Å². The lowest BCUT2D eigenvalue weighted by molar-refractivity contribution is -0.123. The summed E-state index contributed by atoms with van der Waals surface area (Å²) in [6.07, 6.45) is 0.128. The fraction of sp³-hybridized carbons (Fsp3) is 0.286. The second kappa shape index (κ2) is 6.23. The van der Waals surface area contributed by atoms with Gasteiger partial charge in [0.2, 0.25) is 17.7 Å². The summed E-state index contributed by atoms with van der Waals surface area (Å²) < 4.78 is 5.79. The molecule has 0 aliphatic carbocycles. The molecule has 27 heavy (non-hydrogen) atoms. The number of para-hydroxylation sites is 1. The summed E-state index contributed by atoms with van der Waals surface area (Å²) in [5, 5.41) is 5.72. The molecule has 2 aromatic carbocycles. The van der Waals surface area contributed by atoms with Gasteiger partial charge >= 0.3 is 0 Å². The Morgan fingerprint density at radius 2 is 2.00 bits per heavy atom. The third kappa shape index (κ3) is 3.30. The van der Waals surface area contributed by atoms with Crippen molar-refractivity contribution in [3.05, 3.63) is 53.9 Å². The third-order valence-corrected chi connectivity index (χ3v) is 4.61. The molecule has 2 heterocycles. The maximum absolute atomic E-state index is 12.8. The van der Waals surface area contributed by atoms with E-state index in [0.717, 1.165) is 5.56 Å². The van der Waals surface area contributed by atoms with E-state index in [1.54, 1.807) is 18.2 Å². The summed E-state index contributed by atoms with van der Waals surface area (Å²) in [4.78, 5) is 29.3. The molecule has 6 nitrogen and oxygen atoms in total. The Balaban J connectivity index is 1.61. The molecule has 0 saturated carbocycles. The lowest BCUT2D eigenvalue weighted by Gasteiger charge is -2.24. The zero-order valence-corrected chi connectivity index (χ0v) is 15.5. The molecule has 6 heteroatoms. The van der Waals surface area contributed by atoms with Crippen molar-refractivity contribution in [2.75, 3.05) is 10.6 Å². The first-order chi connectivity index (χ1) is 12.8. The summed E-state index contributed by atoms with van der Waals surface area (Å²) in [5.41, 5.74) is 3.33. The molecule has 2 amide bonds. The molecule has 1 unspecified atom stereocenters. The highest BCUT2D eigenvalue weighted by atomic mass is 16.3. The van der Waals surface area contributed by atoms with Gasteiger partial charge in [-0.05, 0) is 29.8 Å². The van der Waals surface area contributed by atoms with E-state index in [-0.39, 0.29) is 23.7 Å². The van der Waals surface area contributed by atoms with Crippen LogP contribution in [0.15, 0.2) is 46.9 Å². The molecule has 0 saturated heterocycles. The average molecular weight is 363 g/mol. The first kappa shape index (κ1) is 17.3. The Labute approximate surface area is 157 Å². The van der Waals surface area contributed by atoms with Crippen LogP contribution in [-0.2, 0) is 15.0 Å². The van der Waals surface area contributed by atoms with Crippen LogP contribution in [0, 0.1) is 0 Å². The van der Waals surface area contributed by atoms with E-state index in [2.05, 4.69) is 15.6 Å². The van der Waals surface area contributed by atoms with E-state index in [9.17, 15) is 9.59 Å². The average Bonchev–Trinajstić information content (AvgIpc) is 3.04. The van der Waals surface area contributed by atoms with Gasteiger partial charge in [0.15, 0.2) is 5.58 Å². The van der Waals surface area contributed by atoms with Crippen molar-refractivity contribution >= 4 is 34.3 Å². The first-order valence-electron chi connectivity index (χ1n) is 8.92. The topological polar surface area (TPSA) is 84.2 Å². The highest BCUT2D eigenvalue weighted by Crippen LogP contribution is 2.33. The van der Waals surface area contributed by atoms with E-state index in [4.69, 9.17) is 4.42 Å². The van der Waals surface area contributed by atoms with E-state index in [1.807, 2.05) is 45.0 Å². The van der Waals surface area contributed by atoms with Gasteiger partial charge in [-0.1, -0.05) is 39.0 Å². The number of anilines is 2. The monoisotopic (exact) mass is 363 g/mol. The second-order valence-electron chi connectivity index (χ2n) is 7.83. The number of hydrogen-bond acceptors (Lipinski definition) is 4. The van der Waals surface area contributed by atoms with Crippen LogP contribution >= 0.6 is 0 Å². The second-order valence-corrected chi connectivity index (χ2v) is 7.83. The lowest BCUT2D eigenvalue weighted by Crippen LogP contribution is -2.30. The van der Waals surface area contributed by atoms with Crippen LogP contribution < -0.4 is 10.6 Å². The van der Waals surface area contributed by atoms with Crippen molar-refractivity contribution in [2.24, 2.45) is 0 Å². The van der Waals surface area contributed by atoms with Gasteiger partial charge in [-0.25, -0.2) is 4.98 Å². The van der Waals surface area contributed by atoms with Crippen molar-refractivity contribution in [1.29, 1.82) is 0 Å². The van der Waals surface area contributed by atoms with Gasteiger partial charge in [0, 0.05) is 23.2 Å². The molecule has 3 aromatic rings. The molecule has 0 spiro atoms. The molecular formula is C21H21N3O3. The van der Waals surface area contributed by atoms with Crippen molar-refractivity contribution in [3.63, 3.8) is 0 Å². The number of rotatable bonds is 2. The van der Waals surface area contributed by atoms with Crippen molar-refractivity contribution in [3.8, 4) is 0 Å². The Kier molecular flexibility index (Phi) is 3.98. The largest absolute Gasteiger partial charge is 0.440 e. The number of carbonyl (C=O) groups is 2. The number of oxazole rings is 1. The number of fused-ring (bicyclic) bond motifs is 2. The van der Waals surface area contributed by atoms with Crippen LogP contribution in [0.5, 0.6) is 0 Å². The normalized spacial score (nSPS) is 16.7. The van der Waals surface area contributed by atoms with Crippen LogP contribution in [0.3, 0.4) is 0 Å². The molecular weight excluding hydrogens is 342 g/mol. The Morgan fingerprint density at radius 1 is 1.22 bits per heavy atom. The molecule has 1 aromatic heterocycles. The van der Waals surface area contributed by atoms with Gasteiger partial charge in [-0.3, -0.25) is 9.59 Å². The number of hydrogen-bond donors (Lipinski definition) is 2. The Morgan fingerprint density at radius 3 is 2.78 bits per heavy atom. The highest BCUT2D eigenvalue weighted by Gasteiger charge is 2.30. The minimum Gasteiger partial charge on any atom is -0.440 e. The summed E-state index contributed by atoms with van der Waals surface area (Å²) in [6.45, 7) is 6.10. The van der Waals surface area contributed by atoms with Crippen LogP contribution in [0.2, 0.25) is 0 Å². The zero-order chi connectivity index (χ0) is 19.2. The molecule has 0 bridgehead atoms. The lowest BCUT2D eigenvalue weighted by atomic mass is 9.90. The molecule has 2 N–H and O–H groups in total. The third-order valence-electron chi connectivity index (χ3n) is 4.61. The smallest absolute Gasteiger partial charge is 0.232 e. The van der Waals surface area contributed by atoms with Gasteiger partial charge in [0.25, 0.3) is 0 Å². The maximum atomic E-state index is 12.8. The number of benzene rings is 2. The van der Waals surface area contributed by atoms with Crippen LogP contribution in [0.4, 0.5) is 11.4 Å². The maximum Gasteiger partial charge on any atom is 0.232 e.